The average molecular weight is 675 g/mol. The predicted octanol–water partition coefficient (Wildman–Crippen LogP) is 4.24. The number of hydrogen-bond acceptors (Lipinski definition) is 6. The Hall–Kier alpha value is -2.79. The number of sulfone groups is 2. The molecule has 2 fully saturated rings. The van der Waals surface area contributed by atoms with Gasteiger partial charge >= 0.3 is 18.0 Å². The molecule has 2 saturated heterocycles. The van der Waals surface area contributed by atoms with Gasteiger partial charge in [-0.1, -0.05) is 18.2 Å². The highest BCUT2D eigenvalue weighted by atomic mass is 32.2. The maximum atomic E-state index is 15.0. The number of carbonyl (C=O) groups excluding carboxylic acids is 1. The Balaban J connectivity index is 1.67. The Morgan fingerprint density at radius 1 is 0.909 bits per heavy atom. The van der Waals surface area contributed by atoms with E-state index < -0.39 is 76.2 Å². The van der Waals surface area contributed by atoms with Crippen LogP contribution in [0.1, 0.15) is 42.4 Å². The summed E-state index contributed by atoms with van der Waals surface area (Å²) in [6, 6.07) is 3.67. The van der Waals surface area contributed by atoms with Crippen molar-refractivity contribution in [3.8, 4) is 0 Å². The summed E-state index contributed by atoms with van der Waals surface area (Å²) in [4.78, 5) is 14.6. The zero-order chi connectivity index (χ0) is 32.7. The van der Waals surface area contributed by atoms with Crippen LogP contribution < -0.4 is 5.73 Å². The summed E-state index contributed by atoms with van der Waals surface area (Å²) in [5.41, 5.74) is -3.36. The number of alkyl halides is 7. The molecule has 2 atom stereocenters. The van der Waals surface area contributed by atoms with Gasteiger partial charge in [0.2, 0.25) is 5.91 Å². The minimum atomic E-state index is -6.39. The molecule has 44 heavy (non-hydrogen) atoms. The van der Waals surface area contributed by atoms with Crippen LogP contribution in [0.25, 0.3) is 0 Å². The molecule has 0 saturated carbocycles. The highest BCUT2D eigenvalue weighted by Crippen LogP contribution is 2.57. The van der Waals surface area contributed by atoms with Crippen molar-refractivity contribution in [2.75, 3.05) is 18.1 Å². The largest absolute Gasteiger partial charge is 0.435 e. The first-order valence-corrected chi connectivity index (χ1v) is 16.7. The van der Waals surface area contributed by atoms with E-state index in [0.29, 0.717) is 12.1 Å². The quantitative estimate of drug-likeness (QED) is 0.384. The third kappa shape index (κ3) is 4.71. The lowest BCUT2D eigenvalue weighted by Crippen LogP contribution is -2.62. The van der Waals surface area contributed by atoms with Crippen LogP contribution >= 0.6 is 0 Å². The number of rotatable bonds is 4. The molecule has 2 N–H and O–H groups in total. The summed E-state index contributed by atoms with van der Waals surface area (Å²) in [6.45, 7) is -0.255. The molecule has 2 aliphatic heterocycles. The highest BCUT2D eigenvalue weighted by molar-refractivity contribution is 7.92. The van der Waals surface area contributed by atoms with Crippen LogP contribution in [0.3, 0.4) is 0 Å². The van der Waals surface area contributed by atoms with Gasteiger partial charge in [-0.3, -0.25) is 4.79 Å². The fourth-order valence-electron chi connectivity index (χ4n) is 6.70. The SMILES string of the molecule is NC1(C(=O)N2CC[C@]3(S(=O)(=O)c4ccc(F)cc4)c4ccc(C(F)(C(F)(F)F)C(F)(F)F)cc4CC[C@H]23)CCS(=O)(=O)CC1. The highest BCUT2D eigenvalue weighted by Gasteiger charge is 2.74. The number of halogens is 8. The van der Waals surface area contributed by atoms with Crippen molar-refractivity contribution in [1.29, 1.82) is 0 Å². The molecule has 0 unspecified atom stereocenters. The molecule has 0 bridgehead atoms. The van der Waals surface area contributed by atoms with Gasteiger partial charge in [-0.2, -0.15) is 26.3 Å². The molecule has 0 spiro atoms. The summed E-state index contributed by atoms with van der Waals surface area (Å²) < 4.78 is 160. The summed E-state index contributed by atoms with van der Waals surface area (Å²) in [5, 5.41) is 0. The molecule has 2 aromatic rings. The van der Waals surface area contributed by atoms with Gasteiger partial charge < -0.3 is 10.6 Å². The zero-order valence-corrected chi connectivity index (χ0v) is 24.3. The molecular weight excluding hydrogens is 648 g/mol. The lowest BCUT2D eigenvalue weighted by atomic mass is 9.76. The molecule has 242 valence electrons. The van der Waals surface area contributed by atoms with Crippen molar-refractivity contribution in [2.24, 2.45) is 5.73 Å². The number of nitrogens with two attached hydrogens (primary N) is 1. The van der Waals surface area contributed by atoms with Crippen molar-refractivity contribution < 1.29 is 56.8 Å². The van der Waals surface area contributed by atoms with Crippen LogP contribution in [0.4, 0.5) is 35.1 Å². The van der Waals surface area contributed by atoms with E-state index in [4.69, 9.17) is 5.73 Å². The monoisotopic (exact) mass is 674 g/mol. The van der Waals surface area contributed by atoms with Crippen molar-refractivity contribution in [2.45, 2.75) is 71.3 Å². The predicted molar refractivity (Wildman–Crippen MR) is 140 cm³/mol. The van der Waals surface area contributed by atoms with Gasteiger partial charge in [0, 0.05) is 12.1 Å². The van der Waals surface area contributed by atoms with E-state index in [1.54, 1.807) is 0 Å². The van der Waals surface area contributed by atoms with E-state index in [1.165, 1.54) is 4.90 Å². The average Bonchev–Trinajstić information content (AvgIpc) is 3.34. The fourth-order valence-corrected chi connectivity index (χ4v) is 10.6. The lowest BCUT2D eigenvalue weighted by molar-refractivity contribution is -0.348. The minimum absolute atomic E-state index is 0.221. The number of hydrogen-bond donors (Lipinski definition) is 1. The van der Waals surface area contributed by atoms with Gasteiger partial charge in [0.15, 0.2) is 9.84 Å². The topological polar surface area (TPSA) is 115 Å². The maximum Gasteiger partial charge on any atom is 0.435 e. The van der Waals surface area contributed by atoms with E-state index in [0.717, 1.165) is 24.3 Å². The first kappa shape index (κ1) is 32.6. The summed E-state index contributed by atoms with van der Waals surface area (Å²) in [7, 11) is -8.12. The van der Waals surface area contributed by atoms with Crippen molar-refractivity contribution in [3.63, 3.8) is 0 Å². The van der Waals surface area contributed by atoms with E-state index in [9.17, 15) is 56.8 Å². The summed E-state index contributed by atoms with van der Waals surface area (Å²) in [6.07, 6.45) is -14.2. The van der Waals surface area contributed by atoms with Crippen LogP contribution in [-0.2, 0) is 41.3 Å². The molecule has 0 aromatic heterocycles. The van der Waals surface area contributed by atoms with E-state index in [2.05, 4.69) is 0 Å². The van der Waals surface area contributed by atoms with Crippen molar-refractivity contribution in [1.82, 2.24) is 4.90 Å². The Morgan fingerprint density at radius 3 is 2.02 bits per heavy atom. The molecule has 1 aliphatic carbocycles. The second-order valence-corrected chi connectivity index (χ2v) is 16.0. The second kappa shape index (κ2) is 10.1. The molecule has 2 heterocycles. The number of nitrogens with zero attached hydrogens (tertiary/aromatic N) is 1. The standard InChI is InChI=1S/C27H26F8N2O5S2/c28-18-3-5-19(6-4-18)44(41,42)24-9-12-37(22(38)23(36)10-13-43(39,40)14-11-23)21(24)8-1-16-15-17(2-7-20(16)24)25(29,26(30,31)32)27(33,34)35/h2-7,15,21H,1,8-14,36H2/t21-,24-/m0/s1. The molecule has 2 aromatic carbocycles. The molecular formula is C27H26F8N2O5S2. The van der Waals surface area contributed by atoms with E-state index >= 15 is 0 Å². The first-order chi connectivity index (χ1) is 20.1. The number of likely N-dealkylation sites (tertiary alicyclic amines) is 1. The lowest BCUT2D eigenvalue weighted by Gasteiger charge is -2.45. The van der Waals surface area contributed by atoms with Crippen LogP contribution in [-0.4, -0.2) is 69.6 Å². The first-order valence-electron chi connectivity index (χ1n) is 13.4. The van der Waals surface area contributed by atoms with Crippen LogP contribution in [0.5, 0.6) is 0 Å². The van der Waals surface area contributed by atoms with Gasteiger partial charge in [0.25, 0.3) is 0 Å². The van der Waals surface area contributed by atoms with Crippen LogP contribution in [0.2, 0.25) is 0 Å². The smallest absolute Gasteiger partial charge is 0.336 e. The number of amides is 1. The van der Waals surface area contributed by atoms with E-state index in [1.807, 2.05) is 0 Å². The number of carbonyl (C=O) groups is 1. The molecule has 5 rings (SSSR count). The van der Waals surface area contributed by atoms with Gasteiger partial charge in [-0.25, -0.2) is 25.6 Å². The van der Waals surface area contributed by atoms with Gasteiger partial charge in [-0.05, 0) is 67.5 Å². The van der Waals surface area contributed by atoms with Crippen LogP contribution in [0, 0.1) is 5.82 Å². The Bertz CT molecular complexity index is 1680. The second-order valence-electron chi connectivity index (χ2n) is 11.5. The van der Waals surface area contributed by atoms with Crippen molar-refractivity contribution >= 4 is 25.6 Å². The molecule has 1 amide bonds. The number of aryl methyl sites for hydroxylation is 1. The summed E-state index contributed by atoms with van der Waals surface area (Å²) in [5.74, 6) is -2.31. The van der Waals surface area contributed by atoms with Crippen molar-refractivity contribution in [3.05, 3.63) is 65.0 Å². The Morgan fingerprint density at radius 2 is 1.48 bits per heavy atom. The third-order valence-corrected chi connectivity index (χ3v) is 13.3. The minimum Gasteiger partial charge on any atom is -0.336 e. The van der Waals surface area contributed by atoms with Gasteiger partial charge in [0.05, 0.1) is 28.0 Å². The Kier molecular flexibility index (Phi) is 7.49. The molecule has 0 radical (unpaired) electrons. The number of benzene rings is 2. The zero-order valence-electron chi connectivity index (χ0n) is 22.7. The number of fused-ring (bicyclic) bond motifs is 3. The fraction of sp³-hybridized carbons (Fsp3) is 0.519. The Labute approximate surface area is 247 Å². The third-order valence-electron chi connectivity index (χ3n) is 9.07. The van der Waals surface area contributed by atoms with Gasteiger partial charge in [0.1, 0.15) is 20.4 Å². The maximum absolute atomic E-state index is 15.0. The normalized spacial score (nSPS) is 25.3. The molecule has 3 aliphatic rings. The van der Waals surface area contributed by atoms with E-state index in [-0.39, 0.29) is 67.3 Å². The molecule has 7 nitrogen and oxygen atoms in total. The summed E-state index contributed by atoms with van der Waals surface area (Å²) >= 11 is 0. The van der Waals surface area contributed by atoms with Gasteiger partial charge in [-0.15, -0.1) is 0 Å². The van der Waals surface area contributed by atoms with Crippen LogP contribution in [0.15, 0.2) is 47.4 Å². The molecule has 17 heteroatoms.